The van der Waals surface area contributed by atoms with Crippen molar-refractivity contribution in [3.8, 4) is 0 Å². The normalized spacial score (nSPS) is 19.3. The number of aromatic nitrogens is 2. The van der Waals surface area contributed by atoms with Gasteiger partial charge in [0.25, 0.3) is 0 Å². The zero-order chi connectivity index (χ0) is 12.5. The number of aryl methyl sites for hydroxylation is 2. The van der Waals surface area contributed by atoms with E-state index in [9.17, 15) is 5.11 Å². The Balaban J connectivity index is 2.22. The van der Waals surface area contributed by atoms with E-state index in [1.54, 1.807) is 0 Å². The molecule has 1 aromatic rings. The lowest BCUT2D eigenvalue weighted by molar-refractivity contribution is 0.106. The summed E-state index contributed by atoms with van der Waals surface area (Å²) < 4.78 is 2.03. The molecule has 1 aliphatic carbocycles. The quantitative estimate of drug-likeness (QED) is 0.778. The van der Waals surface area contributed by atoms with E-state index >= 15 is 0 Å². The summed E-state index contributed by atoms with van der Waals surface area (Å²) in [6, 6.07) is 2.12. The lowest BCUT2D eigenvalue weighted by Gasteiger charge is -2.30. The topological polar surface area (TPSA) is 64.1 Å². The number of nitrogens with two attached hydrogens (primary N) is 1. The molecule has 0 saturated heterocycles. The highest BCUT2D eigenvalue weighted by molar-refractivity contribution is 5.13. The maximum absolute atomic E-state index is 9.71. The van der Waals surface area contributed by atoms with E-state index in [0.717, 1.165) is 18.7 Å². The first-order valence-corrected chi connectivity index (χ1v) is 6.49. The fourth-order valence-electron chi connectivity index (χ4n) is 2.70. The van der Waals surface area contributed by atoms with Gasteiger partial charge in [0.1, 0.15) is 0 Å². The molecule has 0 aromatic carbocycles. The Morgan fingerprint density at radius 2 is 2.29 bits per heavy atom. The second kappa shape index (κ2) is 4.78. The highest BCUT2D eigenvalue weighted by atomic mass is 16.3. The average molecular weight is 237 g/mol. The first-order valence-electron chi connectivity index (χ1n) is 6.49. The van der Waals surface area contributed by atoms with Gasteiger partial charge in [0.15, 0.2) is 0 Å². The van der Waals surface area contributed by atoms with Crippen LogP contribution in [0.15, 0.2) is 6.07 Å². The van der Waals surface area contributed by atoms with Crippen LogP contribution in [-0.4, -0.2) is 28.0 Å². The molecule has 4 nitrogen and oxygen atoms in total. The van der Waals surface area contributed by atoms with Gasteiger partial charge in [-0.1, -0.05) is 0 Å². The van der Waals surface area contributed by atoms with E-state index in [0.29, 0.717) is 12.5 Å². The van der Waals surface area contributed by atoms with Gasteiger partial charge in [-0.3, -0.25) is 4.68 Å². The molecular weight excluding hydrogens is 214 g/mol. The number of aliphatic hydroxyl groups excluding tert-OH is 1. The van der Waals surface area contributed by atoms with Crippen molar-refractivity contribution in [2.45, 2.75) is 39.7 Å². The summed E-state index contributed by atoms with van der Waals surface area (Å²) in [6.07, 6.45) is 3.26. The van der Waals surface area contributed by atoms with Crippen molar-refractivity contribution in [3.05, 3.63) is 17.5 Å². The standard InChI is InChI=1S/C13H23N3O/c1-3-16-12(6-10(2)15-16)7-13(8-14,9-17)11-4-5-11/h6,11,17H,3-5,7-9,14H2,1-2H3. The van der Waals surface area contributed by atoms with Crippen LogP contribution in [0.3, 0.4) is 0 Å². The third-order valence-corrected chi connectivity index (χ3v) is 3.98. The summed E-state index contributed by atoms with van der Waals surface area (Å²) in [7, 11) is 0. The van der Waals surface area contributed by atoms with Crippen molar-refractivity contribution in [2.24, 2.45) is 17.1 Å². The van der Waals surface area contributed by atoms with Gasteiger partial charge in [0.05, 0.1) is 12.3 Å². The number of aliphatic hydroxyl groups is 1. The van der Waals surface area contributed by atoms with E-state index in [2.05, 4.69) is 18.1 Å². The number of hydrogen-bond donors (Lipinski definition) is 2. The molecule has 0 spiro atoms. The first kappa shape index (κ1) is 12.6. The summed E-state index contributed by atoms with van der Waals surface area (Å²) in [4.78, 5) is 0. The van der Waals surface area contributed by atoms with Crippen molar-refractivity contribution in [1.29, 1.82) is 0 Å². The van der Waals surface area contributed by atoms with Crippen LogP contribution in [0.25, 0.3) is 0 Å². The number of hydrogen-bond acceptors (Lipinski definition) is 3. The predicted molar refractivity (Wildman–Crippen MR) is 67.6 cm³/mol. The highest BCUT2D eigenvalue weighted by Gasteiger charge is 2.44. The van der Waals surface area contributed by atoms with Gasteiger partial charge >= 0.3 is 0 Å². The molecule has 2 rings (SSSR count). The Morgan fingerprint density at radius 3 is 2.76 bits per heavy atom. The Labute approximate surface area is 103 Å². The predicted octanol–water partition coefficient (Wildman–Crippen LogP) is 1.10. The third kappa shape index (κ3) is 2.38. The highest BCUT2D eigenvalue weighted by Crippen LogP contribution is 2.46. The molecule has 1 fully saturated rings. The fourth-order valence-corrected chi connectivity index (χ4v) is 2.70. The third-order valence-electron chi connectivity index (χ3n) is 3.98. The molecular formula is C13H23N3O. The molecule has 17 heavy (non-hydrogen) atoms. The van der Waals surface area contributed by atoms with Crippen molar-refractivity contribution in [3.63, 3.8) is 0 Å². The van der Waals surface area contributed by atoms with E-state index in [1.807, 2.05) is 11.6 Å². The molecule has 1 aromatic heterocycles. The average Bonchev–Trinajstić information content (AvgIpc) is 3.12. The molecule has 3 N–H and O–H groups in total. The largest absolute Gasteiger partial charge is 0.396 e. The van der Waals surface area contributed by atoms with E-state index in [4.69, 9.17) is 5.73 Å². The van der Waals surface area contributed by atoms with Gasteiger partial charge in [0.2, 0.25) is 0 Å². The zero-order valence-electron chi connectivity index (χ0n) is 10.8. The zero-order valence-corrected chi connectivity index (χ0v) is 10.8. The van der Waals surface area contributed by atoms with Crippen molar-refractivity contribution >= 4 is 0 Å². The monoisotopic (exact) mass is 237 g/mol. The molecule has 1 saturated carbocycles. The van der Waals surface area contributed by atoms with Crippen LogP contribution < -0.4 is 5.73 Å². The molecule has 1 atom stereocenters. The Morgan fingerprint density at radius 1 is 1.59 bits per heavy atom. The van der Waals surface area contributed by atoms with E-state index < -0.39 is 0 Å². The molecule has 0 bridgehead atoms. The van der Waals surface area contributed by atoms with Gasteiger partial charge < -0.3 is 10.8 Å². The van der Waals surface area contributed by atoms with Crippen LogP contribution in [0.2, 0.25) is 0 Å². The minimum Gasteiger partial charge on any atom is -0.396 e. The smallest absolute Gasteiger partial charge is 0.0596 e. The first-order chi connectivity index (χ1) is 8.15. The summed E-state index contributed by atoms with van der Waals surface area (Å²) >= 11 is 0. The minimum absolute atomic E-state index is 0.126. The second-order valence-electron chi connectivity index (χ2n) is 5.27. The number of nitrogens with zero attached hydrogens (tertiary/aromatic N) is 2. The molecule has 1 unspecified atom stereocenters. The lowest BCUT2D eigenvalue weighted by Crippen LogP contribution is -2.39. The molecule has 1 aliphatic rings. The summed E-state index contributed by atoms with van der Waals surface area (Å²) in [5.41, 5.74) is 8.04. The van der Waals surface area contributed by atoms with Crippen molar-refractivity contribution < 1.29 is 5.11 Å². The van der Waals surface area contributed by atoms with Gasteiger partial charge in [-0.05, 0) is 45.1 Å². The van der Waals surface area contributed by atoms with Gasteiger partial charge in [-0.25, -0.2) is 0 Å². The van der Waals surface area contributed by atoms with Crippen molar-refractivity contribution in [1.82, 2.24) is 9.78 Å². The Kier molecular flexibility index (Phi) is 3.54. The molecule has 1 heterocycles. The van der Waals surface area contributed by atoms with E-state index in [1.165, 1.54) is 18.5 Å². The Bertz CT molecular complexity index is 378. The molecule has 0 amide bonds. The molecule has 4 heteroatoms. The lowest BCUT2D eigenvalue weighted by atomic mass is 9.79. The number of rotatable bonds is 6. The maximum Gasteiger partial charge on any atom is 0.0596 e. The van der Waals surface area contributed by atoms with Crippen LogP contribution in [0.1, 0.15) is 31.2 Å². The van der Waals surface area contributed by atoms with Gasteiger partial charge in [0, 0.05) is 24.2 Å². The van der Waals surface area contributed by atoms with E-state index in [-0.39, 0.29) is 12.0 Å². The van der Waals surface area contributed by atoms with Gasteiger partial charge in [-0.2, -0.15) is 5.10 Å². The van der Waals surface area contributed by atoms with Crippen LogP contribution >= 0.6 is 0 Å². The summed E-state index contributed by atoms with van der Waals surface area (Å²) in [5.74, 6) is 0.595. The van der Waals surface area contributed by atoms with Crippen molar-refractivity contribution in [2.75, 3.05) is 13.2 Å². The van der Waals surface area contributed by atoms with Crippen LogP contribution in [0.5, 0.6) is 0 Å². The Hall–Kier alpha value is -0.870. The molecule has 0 radical (unpaired) electrons. The summed E-state index contributed by atoms with van der Waals surface area (Å²) in [5, 5.41) is 14.2. The SMILES string of the molecule is CCn1nc(C)cc1CC(CN)(CO)C1CC1. The van der Waals surface area contributed by atoms with Crippen LogP contribution in [0.4, 0.5) is 0 Å². The van der Waals surface area contributed by atoms with Gasteiger partial charge in [-0.15, -0.1) is 0 Å². The molecule has 96 valence electrons. The molecule has 0 aliphatic heterocycles. The maximum atomic E-state index is 9.71. The van der Waals surface area contributed by atoms with Crippen LogP contribution in [0, 0.1) is 18.3 Å². The second-order valence-corrected chi connectivity index (χ2v) is 5.27. The van der Waals surface area contributed by atoms with Crippen LogP contribution in [-0.2, 0) is 13.0 Å². The minimum atomic E-state index is -0.126. The summed E-state index contributed by atoms with van der Waals surface area (Å²) in [6.45, 7) is 5.72. The fraction of sp³-hybridized carbons (Fsp3) is 0.769.